The first-order chi connectivity index (χ1) is 33.4. The predicted octanol–water partition coefficient (Wildman–Crippen LogP) is 13.7. The summed E-state index contributed by atoms with van der Waals surface area (Å²) >= 11 is 0. The molecule has 1 unspecified atom stereocenters. The molecule has 7 nitrogen and oxygen atoms in total. The Morgan fingerprint density at radius 2 is 0.449 bits per heavy atom. The molecule has 0 spiro atoms. The molecule has 50 heteroatoms. The minimum Gasteiger partial charge on any atom is -0.395 e. The second-order valence-electron chi connectivity index (χ2n) is 14.7. The third-order valence-electron chi connectivity index (χ3n) is 9.40. The molecule has 0 aromatic rings. The lowest BCUT2D eigenvalue weighted by molar-refractivity contribution is -0.478. The first kappa shape index (κ1) is 75.0. The first-order valence-electron chi connectivity index (χ1n) is 17.9. The number of halogens is 42. The van der Waals surface area contributed by atoms with E-state index >= 15 is 0 Å². The van der Waals surface area contributed by atoms with Crippen molar-refractivity contribution in [2.45, 2.75) is 132 Å². The molecule has 78 heavy (non-hydrogen) atoms. The van der Waals surface area contributed by atoms with Gasteiger partial charge in [-0.1, -0.05) is 0 Å². The molecule has 1 atom stereocenters. The van der Waals surface area contributed by atoms with Gasteiger partial charge in [-0.3, -0.25) is 9.05 Å². The zero-order valence-electron chi connectivity index (χ0n) is 35.0. The Balaban J connectivity index is 7.28. The van der Waals surface area contributed by atoms with Crippen molar-refractivity contribution in [3.8, 4) is 0 Å². The van der Waals surface area contributed by atoms with E-state index in [1.54, 1.807) is 0 Å². The van der Waals surface area contributed by atoms with Crippen LogP contribution in [-0.4, -0.2) is 174 Å². The fourth-order valence-corrected chi connectivity index (χ4v) is 5.95. The van der Waals surface area contributed by atoms with Crippen LogP contribution in [0.2, 0.25) is 0 Å². The lowest BCUT2D eigenvalue weighted by Gasteiger charge is -2.45. The summed E-state index contributed by atoms with van der Waals surface area (Å²) in [5.74, 6) is -165. The van der Waals surface area contributed by atoms with E-state index in [1.165, 1.54) is 0 Å². The molecule has 0 aliphatic heterocycles. The van der Waals surface area contributed by atoms with Crippen molar-refractivity contribution >= 4 is 7.82 Å². The van der Waals surface area contributed by atoms with Gasteiger partial charge in [0.15, 0.2) is 0 Å². The van der Waals surface area contributed by atoms with Crippen LogP contribution in [0, 0.1) is 0 Å². The Bertz CT molecular complexity index is 2080. The van der Waals surface area contributed by atoms with Crippen LogP contribution in [-0.2, 0) is 18.2 Å². The van der Waals surface area contributed by atoms with Crippen LogP contribution in [0.25, 0.3) is 0 Å². The molecule has 0 rings (SSSR count). The largest absolute Gasteiger partial charge is 0.491 e. The minimum absolute atomic E-state index is 0.536. The quantitative estimate of drug-likeness (QED) is 0.0421. The lowest BCUT2D eigenvalue weighted by Crippen LogP contribution is -2.77. The monoisotopic (exact) mass is 1290 g/mol. The fourth-order valence-electron chi connectivity index (χ4n) is 4.71. The van der Waals surface area contributed by atoms with Gasteiger partial charge in [0, 0.05) is 25.9 Å². The van der Waals surface area contributed by atoms with Gasteiger partial charge in [-0.25, -0.2) is 4.57 Å². The van der Waals surface area contributed by atoms with Gasteiger partial charge in [-0.05, 0) is 0 Å². The smallest absolute Gasteiger partial charge is 0.395 e. The number of aliphatic hydroxyl groups is 2. The van der Waals surface area contributed by atoms with Crippen LogP contribution in [0.3, 0.4) is 0 Å². The van der Waals surface area contributed by atoms with Crippen LogP contribution < -0.4 is 0 Å². The van der Waals surface area contributed by atoms with E-state index in [2.05, 4.69) is 13.7 Å². The van der Waals surface area contributed by atoms with E-state index in [4.69, 9.17) is 10.2 Å². The number of alkyl halides is 42. The molecular formula is C28H18F42NO6P. The van der Waals surface area contributed by atoms with Crippen LogP contribution in [0.5, 0.6) is 0 Å². The van der Waals surface area contributed by atoms with Gasteiger partial charge in [-0.2, -0.15) is 194 Å². The van der Waals surface area contributed by atoms with Gasteiger partial charge < -0.3 is 10.2 Å². The first-order valence-corrected chi connectivity index (χ1v) is 19.4. The molecule has 2 N–H and O–H groups in total. The molecule has 0 saturated carbocycles. The van der Waals surface area contributed by atoms with Gasteiger partial charge in [-0.15, -0.1) is 0 Å². The van der Waals surface area contributed by atoms with Gasteiger partial charge in [0.05, 0.1) is 26.4 Å². The summed E-state index contributed by atoms with van der Waals surface area (Å²) in [6.45, 7) is -12.9. The predicted molar refractivity (Wildman–Crippen MR) is 157 cm³/mol. The number of hydrogen-bond donors (Lipinski definition) is 2. The summed E-state index contributed by atoms with van der Waals surface area (Å²) in [7, 11) is -7.12. The van der Waals surface area contributed by atoms with E-state index in [1.807, 2.05) is 0 Å². The number of rotatable bonds is 30. The summed E-state index contributed by atoms with van der Waals surface area (Å²) in [4.78, 5) is 0. The highest BCUT2D eigenvalue weighted by molar-refractivity contribution is 7.48. The Kier molecular flexibility index (Phi) is 20.2. The Morgan fingerprint density at radius 3 is 0.615 bits per heavy atom. The molecule has 0 aliphatic carbocycles. The Morgan fingerprint density at radius 1 is 0.282 bits per heavy atom. The molecule has 0 bridgehead atoms. The molecule has 0 aliphatic rings. The van der Waals surface area contributed by atoms with E-state index in [-0.39, 0.29) is 0 Å². The molecule has 0 saturated heterocycles. The van der Waals surface area contributed by atoms with Crippen molar-refractivity contribution in [1.82, 2.24) is 5.06 Å². The number of aliphatic hydroxyl groups excluding tert-OH is 2. The van der Waals surface area contributed by atoms with Crippen LogP contribution >= 0.6 is 7.82 Å². The van der Waals surface area contributed by atoms with E-state index < -0.39 is 184 Å². The molecule has 0 fully saturated rings. The standard InChI is InChI=1S/C28H18F42NO6P/c29-9(30,11(33,34)13(37,38)15(41,42)17(45,46)19(49,50)20(51,52)22(55,56)24(59,60)26(63,64)28(68,69)70)1-7-75-78(74,77-71(3-5-72)4-6-73)76-8-2-10(31,32)12(35,36)14(39,40)16(43,44)18(47,48)21(53,54)23(57,58)25(61,62)27(65,66)67/h72-73H,1-8H2. The second-order valence-corrected chi connectivity index (χ2v) is 16.2. The molecule has 470 valence electrons. The summed E-state index contributed by atoms with van der Waals surface area (Å²) in [6, 6.07) is 0. The third kappa shape index (κ3) is 11.0. The highest BCUT2D eigenvalue weighted by Crippen LogP contribution is 2.69. The molecule has 0 aromatic carbocycles. The summed E-state index contributed by atoms with van der Waals surface area (Å²) in [5, 5.41) is 17.2. The SMILES string of the molecule is O=P(OCCC(F)(F)C(F)(F)C(F)(F)C(F)(F)C(F)(F)C(F)(F)C(F)(F)C(F)(F)C(F)(F)F)(OCCC(F)(F)C(F)(F)C(F)(F)C(F)(F)C(F)(F)C(F)(F)C(F)(F)C(F)(F)C(F)(F)C(F)(F)C(F)(F)F)ON(CCO)CCO. The zero-order chi connectivity index (χ0) is 63.9. The van der Waals surface area contributed by atoms with Crippen molar-refractivity contribution in [3.05, 3.63) is 0 Å². The lowest BCUT2D eigenvalue weighted by atomic mass is 9.85. The normalized spacial score (nSPS) is 17.3. The maximum Gasteiger partial charge on any atom is 0.491 e. The average molecular weight is 1290 g/mol. The van der Waals surface area contributed by atoms with E-state index in [0.29, 0.717) is 0 Å². The zero-order valence-corrected chi connectivity index (χ0v) is 35.8. The maximum atomic E-state index is 14.5. The van der Waals surface area contributed by atoms with Crippen molar-refractivity contribution < 1.29 is 213 Å². The Hall–Kier alpha value is -2.95. The minimum atomic E-state index is -9.87. The number of phosphoric acid groups is 1. The van der Waals surface area contributed by atoms with Gasteiger partial charge in [0.2, 0.25) is 0 Å². The number of phosphoric ester groups is 1. The fraction of sp³-hybridized carbons (Fsp3) is 1.00. The van der Waals surface area contributed by atoms with E-state index in [9.17, 15) is 189 Å². The Labute approximate surface area is 398 Å². The van der Waals surface area contributed by atoms with E-state index in [0.717, 1.165) is 0 Å². The second kappa shape index (κ2) is 21.0. The number of hydrogen-bond acceptors (Lipinski definition) is 7. The molecule has 0 aromatic heterocycles. The molecule has 0 radical (unpaired) electrons. The van der Waals surface area contributed by atoms with Crippen molar-refractivity contribution in [2.75, 3.05) is 39.5 Å². The van der Waals surface area contributed by atoms with Gasteiger partial charge in [0.25, 0.3) is 0 Å². The van der Waals surface area contributed by atoms with Crippen LogP contribution in [0.4, 0.5) is 184 Å². The van der Waals surface area contributed by atoms with Crippen molar-refractivity contribution in [1.29, 1.82) is 0 Å². The highest BCUT2D eigenvalue weighted by atomic mass is 31.2. The molecule has 0 amide bonds. The maximum absolute atomic E-state index is 14.5. The number of nitrogens with zero attached hydrogens (tertiary/aromatic N) is 1. The van der Waals surface area contributed by atoms with Gasteiger partial charge in [0.1, 0.15) is 0 Å². The van der Waals surface area contributed by atoms with Crippen LogP contribution in [0.1, 0.15) is 12.8 Å². The summed E-state index contributed by atoms with van der Waals surface area (Å²) in [6.07, 6.45) is -24.7. The van der Waals surface area contributed by atoms with Crippen LogP contribution in [0.15, 0.2) is 0 Å². The number of hydroxylamine groups is 2. The highest BCUT2D eigenvalue weighted by Gasteiger charge is 3.00. The van der Waals surface area contributed by atoms with Gasteiger partial charge >= 0.3 is 127 Å². The molecular weight excluding hydrogens is 1280 g/mol. The molecule has 0 heterocycles. The van der Waals surface area contributed by atoms with Crippen molar-refractivity contribution in [2.24, 2.45) is 0 Å². The summed E-state index contributed by atoms with van der Waals surface area (Å²) < 4.78 is 598. The topological polar surface area (TPSA) is 88.5 Å². The summed E-state index contributed by atoms with van der Waals surface area (Å²) in [5.41, 5.74) is 0. The third-order valence-corrected chi connectivity index (χ3v) is 10.8. The van der Waals surface area contributed by atoms with Crippen molar-refractivity contribution in [3.63, 3.8) is 0 Å². The average Bonchev–Trinajstić information content (AvgIpc) is 3.21.